The molecule has 0 radical (unpaired) electrons. The van der Waals surface area contributed by atoms with Gasteiger partial charge in [-0.15, -0.1) is 0 Å². The molecule has 140 valence electrons. The van der Waals surface area contributed by atoms with Crippen LogP contribution >= 0.6 is 23.2 Å². The Labute approximate surface area is 166 Å². The number of hydrogen-bond acceptors (Lipinski definition) is 3. The summed E-state index contributed by atoms with van der Waals surface area (Å²) in [5.41, 5.74) is 2.79. The third-order valence-electron chi connectivity index (χ3n) is 4.58. The van der Waals surface area contributed by atoms with E-state index in [0.717, 1.165) is 5.69 Å². The summed E-state index contributed by atoms with van der Waals surface area (Å²) in [5, 5.41) is 5.55. The Morgan fingerprint density at radius 2 is 1.89 bits per heavy atom. The first kappa shape index (κ1) is 18.1. The van der Waals surface area contributed by atoms with Crippen molar-refractivity contribution in [3.63, 3.8) is 0 Å². The molecule has 2 aromatic heterocycles. The lowest BCUT2D eigenvalue weighted by Crippen LogP contribution is -2.41. The Bertz CT molecular complexity index is 990. The van der Waals surface area contributed by atoms with Crippen LogP contribution in [0.5, 0.6) is 0 Å². The van der Waals surface area contributed by atoms with Gasteiger partial charge in [0.2, 0.25) is 0 Å². The molecule has 0 spiro atoms. The Morgan fingerprint density at radius 3 is 2.56 bits per heavy atom. The van der Waals surface area contributed by atoms with E-state index in [1.54, 1.807) is 27.8 Å². The first-order valence-corrected chi connectivity index (χ1v) is 9.34. The van der Waals surface area contributed by atoms with E-state index >= 15 is 0 Å². The van der Waals surface area contributed by atoms with E-state index in [1.807, 2.05) is 36.0 Å². The van der Waals surface area contributed by atoms with Crippen molar-refractivity contribution in [1.82, 2.24) is 19.2 Å². The van der Waals surface area contributed by atoms with Gasteiger partial charge < -0.3 is 14.2 Å². The zero-order chi connectivity index (χ0) is 19.0. The average Bonchev–Trinajstić information content (AvgIpc) is 3.30. The number of benzene rings is 1. The molecule has 0 atom stereocenters. The predicted octanol–water partition coefficient (Wildman–Crippen LogP) is 3.66. The van der Waals surface area contributed by atoms with Crippen LogP contribution in [0, 0.1) is 0 Å². The fourth-order valence-electron chi connectivity index (χ4n) is 3.13. The second kappa shape index (κ2) is 7.38. The second-order valence-electron chi connectivity index (χ2n) is 6.33. The molecule has 0 aliphatic carbocycles. The quantitative estimate of drug-likeness (QED) is 0.669. The summed E-state index contributed by atoms with van der Waals surface area (Å²) in [5.74, 6) is -0.0858. The molecule has 0 unspecified atom stereocenters. The minimum atomic E-state index is -0.0858. The Hall–Kier alpha value is -2.28. The number of ether oxygens (including phenoxy) is 1. The van der Waals surface area contributed by atoms with Crippen molar-refractivity contribution in [2.45, 2.75) is 0 Å². The molecule has 27 heavy (non-hydrogen) atoms. The van der Waals surface area contributed by atoms with Gasteiger partial charge in [0, 0.05) is 26.3 Å². The van der Waals surface area contributed by atoms with Gasteiger partial charge in [-0.05, 0) is 36.4 Å². The van der Waals surface area contributed by atoms with Crippen molar-refractivity contribution in [2.75, 3.05) is 26.3 Å². The highest BCUT2D eigenvalue weighted by molar-refractivity contribution is 6.42. The number of aromatic nitrogens is 3. The van der Waals surface area contributed by atoms with E-state index in [9.17, 15) is 4.79 Å². The maximum Gasteiger partial charge on any atom is 0.272 e. The van der Waals surface area contributed by atoms with Gasteiger partial charge in [0.1, 0.15) is 11.4 Å². The summed E-state index contributed by atoms with van der Waals surface area (Å²) in [6.07, 6.45) is 1.94. The molecule has 1 fully saturated rings. The van der Waals surface area contributed by atoms with Gasteiger partial charge in [-0.25, -0.2) is 4.68 Å². The Morgan fingerprint density at radius 1 is 1.11 bits per heavy atom. The van der Waals surface area contributed by atoms with Gasteiger partial charge in [-0.3, -0.25) is 4.79 Å². The van der Waals surface area contributed by atoms with Gasteiger partial charge >= 0.3 is 0 Å². The highest BCUT2D eigenvalue weighted by atomic mass is 35.5. The van der Waals surface area contributed by atoms with E-state index in [-0.39, 0.29) is 5.91 Å². The zero-order valence-corrected chi connectivity index (χ0v) is 16.2. The maximum absolute atomic E-state index is 13.2. The predicted molar refractivity (Wildman–Crippen MR) is 105 cm³/mol. The number of carbonyl (C=O) groups excluding carboxylic acids is 1. The molecule has 3 aromatic rings. The van der Waals surface area contributed by atoms with Crippen LogP contribution in [0.15, 0.2) is 42.6 Å². The molecule has 1 aliphatic rings. The van der Waals surface area contributed by atoms with E-state index in [0.29, 0.717) is 53.4 Å². The number of morpholine rings is 1. The Balaban J connectivity index is 1.82. The maximum atomic E-state index is 13.2. The van der Waals surface area contributed by atoms with Gasteiger partial charge in [-0.2, -0.15) is 5.10 Å². The van der Waals surface area contributed by atoms with Crippen molar-refractivity contribution in [2.24, 2.45) is 7.05 Å². The van der Waals surface area contributed by atoms with Crippen molar-refractivity contribution in [3.05, 3.63) is 58.3 Å². The number of rotatable bonds is 3. The molecule has 3 heterocycles. The van der Waals surface area contributed by atoms with Crippen molar-refractivity contribution >= 4 is 29.1 Å². The summed E-state index contributed by atoms with van der Waals surface area (Å²) in [6.45, 7) is 2.20. The zero-order valence-electron chi connectivity index (χ0n) is 14.7. The number of nitrogens with zero attached hydrogens (tertiary/aromatic N) is 4. The molecule has 1 aliphatic heterocycles. The van der Waals surface area contributed by atoms with E-state index < -0.39 is 0 Å². The average molecular weight is 405 g/mol. The largest absolute Gasteiger partial charge is 0.378 e. The topological polar surface area (TPSA) is 52.3 Å². The lowest BCUT2D eigenvalue weighted by molar-refractivity contribution is 0.0297. The number of aryl methyl sites for hydroxylation is 1. The fourth-order valence-corrected chi connectivity index (χ4v) is 3.42. The van der Waals surface area contributed by atoms with Crippen molar-refractivity contribution in [1.29, 1.82) is 0 Å². The van der Waals surface area contributed by atoms with Crippen LogP contribution in [0.1, 0.15) is 10.5 Å². The summed E-state index contributed by atoms with van der Waals surface area (Å²) < 4.78 is 8.95. The summed E-state index contributed by atoms with van der Waals surface area (Å²) in [7, 11) is 1.94. The van der Waals surface area contributed by atoms with Crippen LogP contribution in [0.2, 0.25) is 10.0 Å². The van der Waals surface area contributed by atoms with Crippen LogP contribution in [-0.4, -0.2) is 51.5 Å². The van der Waals surface area contributed by atoms with Crippen LogP contribution < -0.4 is 0 Å². The highest BCUT2D eigenvalue weighted by Crippen LogP contribution is 2.27. The number of halogens is 2. The Kier molecular flexibility index (Phi) is 4.95. The normalized spacial score (nSPS) is 14.6. The molecule has 1 aromatic carbocycles. The van der Waals surface area contributed by atoms with Crippen molar-refractivity contribution in [3.8, 4) is 17.1 Å². The van der Waals surface area contributed by atoms with Gasteiger partial charge in [0.05, 0.1) is 34.6 Å². The summed E-state index contributed by atoms with van der Waals surface area (Å²) in [4.78, 5) is 14.9. The third-order valence-corrected chi connectivity index (χ3v) is 5.32. The minimum Gasteiger partial charge on any atom is -0.378 e. The van der Waals surface area contributed by atoms with Gasteiger partial charge in [-0.1, -0.05) is 23.2 Å². The van der Waals surface area contributed by atoms with Crippen LogP contribution in [0.25, 0.3) is 17.1 Å². The van der Waals surface area contributed by atoms with E-state index in [1.165, 1.54) is 0 Å². The first-order valence-electron chi connectivity index (χ1n) is 8.59. The fraction of sp³-hybridized carbons (Fsp3) is 0.263. The third kappa shape index (κ3) is 3.48. The molecule has 1 amide bonds. The number of amides is 1. The smallest absolute Gasteiger partial charge is 0.272 e. The lowest BCUT2D eigenvalue weighted by Gasteiger charge is -2.26. The van der Waals surface area contributed by atoms with E-state index in [2.05, 4.69) is 5.10 Å². The number of hydrogen-bond donors (Lipinski definition) is 0. The first-order chi connectivity index (χ1) is 13.0. The lowest BCUT2D eigenvalue weighted by atomic mass is 10.2. The monoisotopic (exact) mass is 404 g/mol. The molecule has 8 heteroatoms. The second-order valence-corrected chi connectivity index (χ2v) is 7.15. The molecule has 0 saturated carbocycles. The number of carbonyl (C=O) groups is 1. The summed E-state index contributed by atoms with van der Waals surface area (Å²) >= 11 is 12.2. The molecule has 0 bridgehead atoms. The minimum absolute atomic E-state index is 0.0858. The molecular weight excluding hydrogens is 387 g/mol. The molecule has 0 N–H and O–H groups in total. The van der Waals surface area contributed by atoms with Gasteiger partial charge in [0.15, 0.2) is 0 Å². The van der Waals surface area contributed by atoms with Crippen molar-refractivity contribution < 1.29 is 9.53 Å². The molecule has 6 nitrogen and oxygen atoms in total. The molecule has 1 saturated heterocycles. The molecule has 4 rings (SSSR count). The van der Waals surface area contributed by atoms with Crippen LogP contribution in [-0.2, 0) is 11.8 Å². The standard InChI is InChI=1S/C19H18Cl2N4O2/c1-23-6-2-3-17(23)16-12-18(19(26)24-7-9-27-10-8-24)25(22-16)13-4-5-14(20)15(21)11-13/h2-6,11-12H,7-10H2,1H3. The van der Waals surface area contributed by atoms with Crippen LogP contribution in [0.4, 0.5) is 0 Å². The summed E-state index contributed by atoms with van der Waals surface area (Å²) in [6, 6.07) is 10.9. The highest BCUT2D eigenvalue weighted by Gasteiger charge is 2.25. The van der Waals surface area contributed by atoms with E-state index in [4.69, 9.17) is 27.9 Å². The molecular formula is C19H18Cl2N4O2. The van der Waals surface area contributed by atoms with Crippen LogP contribution in [0.3, 0.4) is 0 Å². The van der Waals surface area contributed by atoms with Gasteiger partial charge in [0.25, 0.3) is 5.91 Å². The SMILES string of the molecule is Cn1cccc1-c1cc(C(=O)N2CCOCC2)n(-c2ccc(Cl)c(Cl)c2)n1.